The number of fused-ring (bicyclic) bond motifs is 2. The molecule has 0 aromatic carbocycles. The number of carbonyl (C=O) groups excluding carboxylic acids is 1. The zero-order valence-electron chi connectivity index (χ0n) is 29.3. The number of unbranched alkanes of at least 4 members (excludes halogenated alkanes) is 12. The van der Waals surface area contributed by atoms with Gasteiger partial charge in [-0.3, -0.25) is 38.9 Å². The highest BCUT2D eigenvalue weighted by atomic mass is 16.4. The van der Waals surface area contributed by atoms with Crippen LogP contribution in [0.4, 0.5) is 0 Å². The Morgan fingerprint density at radius 1 is 0.708 bits per heavy atom. The topological polar surface area (TPSA) is 164 Å². The molecule has 2 heterocycles. The van der Waals surface area contributed by atoms with E-state index in [1.54, 1.807) is 26.8 Å². The Bertz CT molecular complexity index is 1040. The maximum absolute atomic E-state index is 12.4. The SMILES string of the molecule is CCCCCCCCCCCCCCCC(=O)NCCCC(C(=O)O)N1CCN(CC(=O)O)Cc2cccc(n2)CN(CC(=O)O)CC1. The van der Waals surface area contributed by atoms with Crippen LogP contribution in [0.1, 0.15) is 121 Å². The number of amides is 1. The molecule has 12 heteroatoms. The molecule has 4 N–H and O–H groups in total. The number of aromatic nitrogens is 1. The normalized spacial score (nSPS) is 15.7. The Balaban J connectivity index is 1.79. The molecule has 272 valence electrons. The lowest BCUT2D eigenvalue weighted by molar-refractivity contribution is -0.145. The third-order valence-electron chi connectivity index (χ3n) is 8.97. The molecule has 1 amide bonds. The van der Waals surface area contributed by atoms with Crippen LogP contribution in [0.25, 0.3) is 0 Å². The number of nitrogens with one attached hydrogen (secondary N) is 1. The van der Waals surface area contributed by atoms with Crippen molar-refractivity contribution in [3.05, 3.63) is 29.6 Å². The van der Waals surface area contributed by atoms with Crippen LogP contribution in [-0.4, -0.2) is 111 Å². The predicted octanol–water partition coefficient (Wildman–Crippen LogP) is 5.00. The number of carboxylic acid groups (broad SMARTS) is 3. The lowest BCUT2D eigenvalue weighted by Gasteiger charge is -2.33. The highest BCUT2D eigenvalue weighted by Gasteiger charge is 2.27. The molecule has 0 saturated carbocycles. The summed E-state index contributed by atoms with van der Waals surface area (Å²) >= 11 is 0. The van der Waals surface area contributed by atoms with Crippen LogP contribution >= 0.6 is 0 Å². The summed E-state index contributed by atoms with van der Waals surface area (Å²) < 4.78 is 0. The summed E-state index contributed by atoms with van der Waals surface area (Å²) in [6.45, 7) is 3.93. The van der Waals surface area contributed by atoms with Gasteiger partial charge in [0, 0.05) is 52.2 Å². The fraction of sp³-hybridized carbons (Fsp3) is 0.750. The van der Waals surface area contributed by atoms with Crippen LogP contribution in [0, 0.1) is 0 Å². The van der Waals surface area contributed by atoms with E-state index in [4.69, 9.17) is 0 Å². The van der Waals surface area contributed by atoms with Crippen LogP contribution in [0.3, 0.4) is 0 Å². The first-order valence-electron chi connectivity index (χ1n) is 18.2. The van der Waals surface area contributed by atoms with Gasteiger partial charge in [-0.15, -0.1) is 0 Å². The van der Waals surface area contributed by atoms with E-state index in [9.17, 15) is 34.5 Å². The number of rotatable bonds is 24. The summed E-state index contributed by atoms with van der Waals surface area (Å²) in [5, 5.41) is 32.1. The number of carbonyl (C=O) groups is 4. The van der Waals surface area contributed by atoms with Gasteiger partial charge in [-0.1, -0.05) is 90.0 Å². The number of pyridine rings is 1. The molecule has 2 bridgehead atoms. The summed E-state index contributed by atoms with van der Waals surface area (Å²) in [5.74, 6) is -2.98. The maximum atomic E-state index is 12.4. The fourth-order valence-electron chi connectivity index (χ4n) is 6.31. The van der Waals surface area contributed by atoms with Crippen molar-refractivity contribution >= 4 is 23.8 Å². The lowest BCUT2D eigenvalue weighted by atomic mass is 10.0. The first kappa shape index (κ1) is 41.1. The Kier molecular flexibility index (Phi) is 21.4. The Labute approximate surface area is 287 Å². The summed E-state index contributed by atoms with van der Waals surface area (Å²) in [5.41, 5.74) is 1.33. The average Bonchev–Trinajstić information content (AvgIpc) is 3.02. The van der Waals surface area contributed by atoms with Gasteiger partial charge >= 0.3 is 17.9 Å². The zero-order valence-corrected chi connectivity index (χ0v) is 29.3. The molecule has 1 aromatic rings. The highest BCUT2D eigenvalue weighted by molar-refractivity contribution is 5.76. The van der Waals surface area contributed by atoms with Crippen molar-refractivity contribution in [2.24, 2.45) is 0 Å². The second-order valence-electron chi connectivity index (χ2n) is 13.2. The number of hydrogen-bond acceptors (Lipinski definition) is 8. The Morgan fingerprint density at radius 3 is 1.65 bits per heavy atom. The number of aliphatic carboxylic acids is 3. The van der Waals surface area contributed by atoms with Gasteiger partial charge in [-0.25, -0.2) is 0 Å². The molecule has 48 heavy (non-hydrogen) atoms. The standard InChI is InChI=1S/C36H61N5O7/c1-2-3-4-5-6-7-8-9-10-11-12-13-14-20-33(42)37-21-16-19-32(36(47)48)41-24-22-39(28-34(43)44)26-30-17-15-18-31(38-30)27-40(23-25-41)29-35(45)46/h15,17-18,32H,2-14,16,19-29H2,1H3,(H,37,42)(H,43,44)(H,45,46)(H,47,48). The van der Waals surface area contributed by atoms with Gasteiger partial charge in [-0.2, -0.15) is 0 Å². The summed E-state index contributed by atoms with van der Waals surface area (Å²) in [7, 11) is 0. The Morgan fingerprint density at radius 2 is 1.19 bits per heavy atom. The zero-order chi connectivity index (χ0) is 35.0. The van der Waals surface area contributed by atoms with Gasteiger partial charge in [-0.05, 0) is 31.4 Å². The molecule has 1 atom stereocenters. The third-order valence-corrected chi connectivity index (χ3v) is 8.97. The quantitative estimate of drug-likeness (QED) is 0.109. The molecule has 0 radical (unpaired) electrons. The van der Waals surface area contributed by atoms with Crippen molar-refractivity contribution in [2.45, 2.75) is 129 Å². The van der Waals surface area contributed by atoms with E-state index in [1.807, 2.05) is 6.07 Å². The molecule has 1 unspecified atom stereocenters. The summed E-state index contributed by atoms with van der Waals surface area (Å²) in [6.07, 6.45) is 17.5. The molecule has 1 aliphatic heterocycles. The Hall–Kier alpha value is -3.09. The predicted molar refractivity (Wildman–Crippen MR) is 186 cm³/mol. The first-order chi connectivity index (χ1) is 23.2. The van der Waals surface area contributed by atoms with Crippen LogP contribution in [-0.2, 0) is 32.3 Å². The molecule has 0 saturated heterocycles. The minimum atomic E-state index is -0.998. The second-order valence-corrected chi connectivity index (χ2v) is 13.2. The van der Waals surface area contributed by atoms with Crippen molar-refractivity contribution in [2.75, 3.05) is 45.8 Å². The van der Waals surface area contributed by atoms with Gasteiger partial charge in [0.25, 0.3) is 0 Å². The van der Waals surface area contributed by atoms with E-state index < -0.39 is 23.9 Å². The van der Waals surface area contributed by atoms with E-state index in [-0.39, 0.29) is 45.2 Å². The summed E-state index contributed by atoms with van der Waals surface area (Å²) in [6, 6.07) is 4.57. The maximum Gasteiger partial charge on any atom is 0.320 e. The molecular weight excluding hydrogens is 614 g/mol. The molecule has 1 aliphatic rings. The van der Waals surface area contributed by atoms with Gasteiger partial charge < -0.3 is 20.6 Å². The van der Waals surface area contributed by atoms with Crippen LogP contribution in [0.15, 0.2) is 18.2 Å². The molecule has 0 spiro atoms. The average molecular weight is 676 g/mol. The van der Waals surface area contributed by atoms with E-state index in [0.717, 1.165) is 19.3 Å². The van der Waals surface area contributed by atoms with Crippen molar-refractivity contribution in [3.63, 3.8) is 0 Å². The monoisotopic (exact) mass is 675 g/mol. The largest absolute Gasteiger partial charge is 0.480 e. The smallest absolute Gasteiger partial charge is 0.320 e. The molecule has 1 aromatic heterocycles. The fourth-order valence-corrected chi connectivity index (χ4v) is 6.31. The van der Waals surface area contributed by atoms with Crippen LogP contribution < -0.4 is 5.32 Å². The van der Waals surface area contributed by atoms with Crippen LogP contribution in [0.2, 0.25) is 0 Å². The highest BCUT2D eigenvalue weighted by Crippen LogP contribution is 2.15. The van der Waals surface area contributed by atoms with Gasteiger partial charge in [0.05, 0.1) is 24.5 Å². The molecular formula is C36H61N5O7. The van der Waals surface area contributed by atoms with Gasteiger partial charge in [0.1, 0.15) is 6.04 Å². The lowest BCUT2D eigenvalue weighted by Crippen LogP contribution is -2.49. The van der Waals surface area contributed by atoms with Gasteiger partial charge in [0.2, 0.25) is 5.91 Å². The van der Waals surface area contributed by atoms with Crippen molar-refractivity contribution in [1.29, 1.82) is 0 Å². The molecule has 0 aliphatic carbocycles. The molecule has 0 fully saturated rings. The number of nitrogens with zero attached hydrogens (tertiary/aromatic N) is 4. The van der Waals surface area contributed by atoms with E-state index in [1.165, 1.54) is 64.2 Å². The van der Waals surface area contributed by atoms with Gasteiger partial charge in [0.15, 0.2) is 0 Å². The third kappa shape index (κ3) is 19.0. The van der Waals surface area contributed by atoms with E-state index >= 15 is 0 Å². The minimum absolute atomic E-state index is 0.0123. The van der Waals surface area contributed by atoms with Crippen molar-refractivity contribution in [1.82, 2.24) is 25.0 Å². The molecule has 12 nitrogen and oxygen atoms in total. The van der Waals surface area contributed by atoms with E-state index in [2.05, 4.69) is 17.2 Å². The van der Waals surface area contributed by atoms with Crippen LogP contribution in [0.5, 0.6) is 0 Å². The molecule has 2 rings (SSSR count). The number of carboxylic acids is 3. The minimum Gasteiger partial charge on any atom is -0.480 e. The summed E-state index contributed by atoms with van der Waals surface area (Å²) in [4.78, 5) is 57.9. The van der Waals surface area contributed by atoms with E-state index in [0.29, 0.717) is 50.3 Å². The van der Waals surface area contributed by atoms with Crippen molar-refractivity contribution < 1.29 is 34.5 Å². The second kappa shape index (κ2) is 25.0. The number of hydrogen-bond donors (Lipinski definition) is 4. The first-order valence-corrected chi connectivity index (χ1v) is 18.2. The van der Waals surface area contributed by atoms with Crippen molar-refractivity contribution in [3.8, 4) is 0 Å².